The second-order valence-electron chi connectivity index (χ2n) is 9.03. The van der Waals surface area contributed by atoms with Crippen molar-refractivity contribution in [3.8, 4) is 17.6 Å². The second kappa shape index (κ2) is 12.5. The molecular formula is C27H33ClN5O3S+. The lowest BCUT2D eigenvalue weighted by Crippen LogP contribution is -2.40. The molecule has 1 atom stereocenters. The van der Waals surface area contributed by atoms with Gasteiger partial charge in [-0.3, -0.25) is 0 Å². The Labute approximate surface area is 228 Å². The van der Waals surface area contributed by atoms with Crippen LogP contribution in [0.5, 0.6) is 11.5 Å². The van der Waals surface area contributed by atoms with Crippen LogP contribution in [0.2, 0.25) is 0 Å². The molecule has 8 nitrogen and oxygen atoms in total. The highest BCUT2D eigenvalue weighted by Gasteiger charge is 2.26. The summed E-state index contributed by atoms with van der Waals surface area (Å²) in [5.74, 6) is 1.96. The normalized spacial score (nSPS) is 12.9. The molecule has 0 saturated carbocycles. The van der Waals surface area contributed by atoms with Crippen LogP contribution in [0.4, 0.5) is 5.95 Å². The minimum atomic E-state index is -0.706. The van der Waals surface area contributed by atoms with Gasteiger partial charge in [0.2, 0.25) is 0 Å². The Morgan fingerprint density at radius 2 is 1.78 bits per heavy atom. The molecule has 0 aliphatic rings. The van der Waals surface area contributed by atoms with Crippen LogP contribution in [0, 0.1) is 11.3 Å². The van der Waals surface area contributed by atoms with Gasteiger partial charge in [0.15, 0.2) is 0 Å². The minimum absolute atomic E-state index is 0.263. The largest absolute Gasteiger partial charge is 0.491 e. The number of nitrogens with one attached hydrogen (secondary N) is 1. The molecular weight excluding hydrogens is 510 g/mol. The van der Waals surface area contributed by atoms with Gasteiger partial charge in [-0.05, 0) is 52.4 Å². The van der Waals surface area contributed by atoms with Crippen LogP contribution in [0.15, 0.2) is 48.8 Å². The lowest BCUT2D eigenvalue weighted by molar-refractivity contribution is -0.970. The highest BCUT2D eigenvalue weighted by molar-refractivity contribution is 7.74. The van der Waals surface area contributed by atoms with Gasteiger partial charge in [0, 0.05) is 23.4 Å². The van der Waals surface area contributed by atoms with Gasteiger partial charge < -0.3 is 9.47 Å². The maximum absolute atomic E-state index is 9.91. The highest BCUT2D eigenvalue weighted by atomic mass is 35.5. The Balaban J connectivity index is 1.72. The molecule has 1 unspecified atom stereocenters. The molecule has 0 aliphatic heterocycles. The number of halogens is 1. The number of nitriles is 1. The Hall–Kier alpha value is -3.03. The molecule has 2 aromatic carbocycles. The third-order valence-electron chi connectivity index (χ3n) is 6.12. The maximum Gasteiger partial charge on any atom is 0.273 e. The van der Waals surface area contributed by atoms with Gasteiger partial charge in [0.25, 0.3) is 5.95 Å². The van der Waals surface area contributed by atoms with Crippen molar-refractivity contribution in [2.75, 3.05) is 24.5 Å². The van der Waals surface area contributed by atoms with E-state index in [0.717, 1.165) is 28.7 Å². The fourth-order valence-electron chi connectivity index (χ4n) is 3.73. The predicted molar refractivity (Wildman–Crippen MR) is 147 cm³/mol. The van der Waals surface area contributed by atoms with Crippen molar-refractivity contribution < 1.29 is 18.8 Å². The monoisotopic (exact) mass is 542 g/mol. The van der Waals surface area contributed by atoms with Gasteiger partial charge in [0.1, 0.15) is 50.1 Å². The number of quaternary nitrogens is 1. The maximum atomic E-state index is 9.91. The fraction of sp³-hybridized carbons (Fsp3) is 0.370. The summed E-state index contributed by atoms with van der Waals surface area (Å²) in [5, 5.41) is 19.7. The first kappa shape index (κ1) is 28.5. The van der Waals surface area contributed by atoms with Crippen LogP contribution in [0.3, 0.4) is 0 Å². The van der Waals surface area contributed by atoms with Crippen LogP contribution >= 0.6 is 24.4 Å². The standard InChI is InChI=1S/C27H33ClN5O3S/c1-5-20-13-23(14-21(15-29)25(20)35-12-11-28)27(3,4)22-7-9-24(10-8-22)36-18-19-16-30-26(31-17-19)32-33(34,37)6-2/h7-10,13-14,16-17,34,37H,5-6,11-12,18H2,1-4H3,(H,30,31,32)/q+1. The topological polar surface area (TPSA) is 100 Å². The van der Waals surface area contributed by atoms with Crippen LogP contribution in [-0.2, 0) is 18.4 Å². The van der Waals surface area contributed by atoms with E-state index in [1.54, 1.807) is 19.3 Å². The molecule has 196 valence electrons. The summed E-state index contributed by atoms with van der Waals surface area (Å²) in [7, 11) is 0. The number of benzene rings is 2. The van der Waals surface area contributed by atoms with E-state index in [2.05, 4.69) is 54.2 Å². The highest BCUT2D eigenvalue weighted by Crippen LogP contribution is 2.37. The number of anilines is 1. The SMILES string of the molecule is CCc1cc(C(C)(C)c2ccc(OCc3cnc(N[N+](O)(S)CC)nc3)cc2)cc(C#N)c1OCCCl. The Kier molecular flexibility index (Phi) is 9.62. The molecule has 3 aromatic rings. The molecule has 37 heavy (non-hydrogen) atoms. The Bertz CT molecular complexity index is 1230. The van der Waals surface area contributed by atoms with E-state index in [9.17, 15) is 10.5 Å². The molecule has 1 aromatic heterocycles. The van der Waals surface area contributed by atoms with E-state index >= 15 is 0 Å². The minimum Gasteiger partial charge on any atom is -0.491 e. The third kappa shape index (κ3) is 7.27. The zero-order valence-electron chi connectivity index (χ0n) is 21.5. The van der Waals surface area contributed by atoms with Crippen LogP contribution in [0.1, 0.15) is 55.5 Å². The molecule has 0 spiro atoms. The summed E-state index contributed by atoms with van der Waals surface area (Å²) in [4.78, 5) is 8.38. The molecule has 0 bridgehead atoms. The molecule has 0 fully saturated rings. The van der Waals surface area contributed by atoms with E-state index in [0.29, 0.717) is 42.7 Å². The van der Waals surface area contributed by atoms with E-state index in [-0.39, 0.29) is 11.4 Å². The smallest absolute Gasteiger partial charge is 0.273 e. The summed E-state index contributed by atoms with van der Waals surface area (Å²) in [6.45, 7) is 9.08. The number of aromatic nitrogens is 2. The molecule has 0 radical (unpaired) electrons. The van der Waals surface area contributed by atoms with Crippen molar-refractivity contribution >= 4 is 30.4 Å². The Morgan fingerprint density at radius 1 is 1.11 bits per heavy atom. The summed E-state index contributed by atoms with van der Waals surface area (Å²) < 4.78 is 11.0. The molecule has 10 heteroatoms. The van der Waals surface area contributed by atoms with Crippen molar-refractivity contribution in [2.24, 2.45) is 0 Å². The fourth-order valence-corrected chi connectivity index (χ4v) is 3.90. The Morgan fingerprint density at radius 3 is 2.35 bits per heavy atom. The number of hydrogen-bond acceptors (Lipinski definition) is 8. The lowest BCUT2D eigenvalue weighted by Gasteiger charge is -2.28. The number of rotatable bonds is 12. The number of ether oxygens (including phenoxy) is 2. The van der Waals surface area contributed by atoms with E-state index in [1.807, 2.05) is 37.3 Å². The quantitative estimate of drug-likeness (QED) is 0.114. The predicted octanol–water partition coefficient (Wildman–Crippen LogP) is 5.83. The average Bonchev–Trinajstić information content (AvgIpc) is 2.91. The molecule has 1 heterocycles. The van der Waals surface area contributed by atoms with Gasteiger partial charge in [-0.1, -0.05) is 39.0 Å². The summed E-state index contributed by atoms with van der Waals surface area (Å²) in [5.41, 5.74) is 6.77. The van der Waals surface area contributed by atoms with E-state index in [1.165, 1.54) is 0 Å². The molecule has 0 saturated heterocycles. The van der Waals surface area contributed by atoms with Crippen LogP contribution < -0.4 is 14.9 Å². The zero-order chi connectivity index (χ0) is 27.1. The number of hydrogen-bond donors (Lipinski definition) is 3. The number of hydroxylamine groups is 1. The van der Waals surface area contributed by atoms with Gasteiger partial charge in [-0.15, -0.1) is 11.6 Å². The van der Waals surface area contributed by atoms with Crippen molar-refractivity contribution in [3.63, 3.8) is 0 Å². The van der Waals surface area contributed by atoms with Gasteiger partial charge in [-0.2, -0.15) is 15.9 Å². The molecule has 3 rings (SSSR count). The number of thiol groups is 1. The van der Waals surface area contributed by atoms with Gasteiger partial charge in [-0.25, -0.2) is 9.97 Å². The molecule has 0 aliphatic carbocycles. The van der Waals surface area contributed by atoms with Crippen molar-refractivity contribution in [1.29, 1.82) is 5.26 Å². The average molecular weight is 543 g/mol. The van der Waals surface area contributed by atoms with Crippen LogP contribution in [0.25, 0.3) is 0 Å². The lowest BCUT2D eigenvalue weighted by atomic mass is 9.77. The van der Waals surface area contributed by atoms with Gasteiger partial charge in [0.05, 0.1) is 11.4 Å². The summed E-state index contributed by atoms with van der Waals surface area (Å²) in [6.07, 6.45) is 4.01. The number of alkyl halides is 1. The second-order valence-corrected chi connectivity index (χ2v) is 10.1. The molecule has 0 amide bonds. The van der Waals surface area contributed by atoms with Crippen molar-refractivity contribution in [2.45, 2.75) is 46.1 Å². The van der Waals surface area contributed by atoms with E-state index < -0.39 is 4.16 Å². The summed E-state index contributed by atoms with van der Waals surface area (Å²) in [6, 6.07) is 14.2. The summed E-state index contributed by atoms with van der Waals surface area (Å²) >= 11 is 9.84. The molecule has 2 N–H and O–H groups in total. The van der Waals surface area contributed by atoms with Crippen LogP contribution in [-0.4, -0.2) is 38.4 Å². The van der Waals surface area contributed by atoms with Gasteiger partial charge >= 0.3 is 0 Å². The number of aryl methyl sites for hydroxylation is 1. The zero-order valence-corrected chi connectivity index (χ0v) is 23.2. The van der Waals surface area contributed by atoms with Crippen molar-refractivity contribution in [1.82, 2.24) is 9.97 Å². The van der Waals surface area contributed by atoms with E-state index in [4.69, 9.17) is 21.1 Å². The first-order valence-corrected chi connectivity index (χ1v) is 13.0. The third-order valence-corrected chi connectivity index (χ3v) is 6.66. The first-order chi connectivity index (χ1) is 17.6. The van der Waals surface area contributed by atoms with Crippen molar-refractivity contribution in [3.05, 3.63) is 76.6 Å². The first-order valence-electron chi connectivity index (χ1n) is 12.1. The number of nitrogens with zero attached hydrogens (tertiary/aromatic N) is 4.